The summed E-state index contributed by atoms with van der Waals surface area (Å²) in [7, 11) is 4.03. The highest BCUT2D eigenvalue weighted by Gasteiger charge is 2.36. The molecule has 0 bridgehead atoms. The van der Waals surface area contributed by atoms with Gasteiger partial charge in [0.05, 0.1) is 6.61 Å². The van der Waals surface area contributed by atoms with Crippen LogP contribution in [0.2, 0.25) is 0 Å². The Labute approximate surface area is 122 Å². The SMILES string of the molecule is CCCCCONC(=O)OC1(CN(C)C)CCCCC1. The van der Waals surface area contributed by atoms with Crippen LogP contribution in [-0.4, -0.2) is 43.8 Å². The minimum absolute atomic E-state index is 0.349. The van der Waals surface area contributed by atoms with Gasteiger partial charge < -0.3 is 9.64 Å². The van der Waals surface area contributed by atoms with E-state index < -0.39 is 6.09 Å². The molecule has 118 valence electrons. The predicted octanol–water partition coefficient (Wildman–Crippen LogP) is 3.10. The monoisotopic (exact) mass is 286 g/mol. The highest BCUT2D eigenvalue weighted by Crippen LogP contribution is 2.32. The van der Waals surface area contributed by atoms with Gasteiger partial charge in [-0.3, -0.25) is 4.84 Å². The van der Waals surface area contributed by atoms with Crippen LogP contribution in [0, 0.1) is 0 Å². The van der Waals surface area contributed by atoms with Gasteiger partial charge in [-0.25, -0.2) is 4.79 Å². The number of rotatable bonds is 8. The molecule has 1 rings (SSSR count). The van der Waals surface area contributed by atoms with Gasteiger partial charge in [-0.2, -0.15) is 5.48 Å². The van der Waals surface area contributed by atoms with Gasteiger partial charge >= 0.3 is 6.09 Å². The fourth-order valence-electron chi connectivity index (χ4n) is 2.82. The summed E-state index contributed by atoms with van der Waals surface area (Å²) in [5.41, 5.74) is 2.06. The number of hydrogen-bond donors (Lipinski definition) is 1. The van der Waals surface area contributed by atoms with Crippen molar-refractivity contribution in [2.45, 2.75) is 63.9 Å². The Bertz CT molecular complexity index is 276. The molecule has 0 aliphatic heterocycles. The molecule has 1 aliphatic rings. The lowest BCUT2D eigenvalue weighted by Gasteiger charge is -2.38. The van der Waals surface area contributed by atoms with Crippen LogP contribution in [0.1, 0.15) is 58.3 Å². The molecule has 0 aromatic rings. The second-order valence-corrected chi connectivity index (χ2v) is 6.03. The molecular weight excluding hydrogens is 256 g/mol. The smallest absolute Gasteiger partial charge is 0.431 e. The maximum Gasteiger partial charge on any atom is 0.431 e. The van der Waals surface area contributed by atoms with E-state index in [0.29, 0.717) is 6.61 Å². The molecule has 0 aromatic carbocycles. The molecule has 1 fully saturated rings. The number of hydrogen-bond acceptors (Lipinski definition) is 4. The Hall–Kier alpha value is -0.810. The largest absolute Gasteiger partial charge is 0.440 e. The van der Waals surface area contributed by atoms with Crippen molar-refractivity contribution in [3.8, 4) is 0 Å². The summed E-state index contributed by atoms with van der Waals surface area (Å²) in [6.45, 7) is 3.45. The standard InChI is InChI=1S/C15H30N2O3/c1-4-5-9-12-19-16-14(18)20-15(13-17(2)3)10-7-6-8-11-15/h4-13H2,1-3H3,(H,16,18). The van der Waals surface area contributed by atoms with Crippen molar-refractivity contribution in [1.82, 2.24) is 10.4 Å². The van der Waals surface area contributed by atoms with Crippen LogP contribution in [0.25, 0.3) is 0 Å². The molecule has 0 saturated heterocycles. The van der Waals surface area contributed by atoms with Crippen molar-refractivity contribution in [3.63, 3.8) is 0 Å². The van der Waals surface area contributed by atoms with E-state index in [-0.39, 0.29) is 5.60 Å². The minimum atomic E-state index is -0.453. The van der Waals surface area contributed by atoms with E-state index in [9.17, 15) is 4.79 Å². The van der Waals surface area contributed by atoms with Gasteiger partial charge in [-0.15, -0.1) is 0 Å². The quantitative estimate of drug-likeness (QED) is 0.550. The van der Waals surface area contributed by atoms with E-state index >= 15 is 0 Å². The molecule has 0 unspecified atom stereocenters. The first-order chi connectivity index (χ1) is 9.58. The van der Waals surface area contributed by atoms with Crippen LogP contribution in [0.5, 0.6) is 0 Å². The second kappa shape index (κ2) is 9.19. The molecule has 5 nitrogen and oxygen atoms in total. The van der Waals surface area contributed by atoms with Crippen LogP contribution in [0.4, 0.5) is 4.79 Å². The predicted molar refractivity (Wildman–Crippen MR) is 79.5 cm³/mol. The maximum atomic E-state index is 11.9. The van der Waals surface area contributed by atoms with Crippen LogP contribution < -0.4 is 5.48 Å². The zero-order chi connectivity index (χ0) is 14.8. The lowest BCUT2D eigenvalue weighted by atomic mass is 9.84. The molecule has 1 N–H and O–H groups in total. The average molecular weight is 286 g/mol. The van der Waals surface area contributed by atoms with Crippen molar-refractivity contribution in [2.75, 3.05) is 27.2 Å². The summed E-state index contributed by atoms with van der Waals surface area (Å²) in [4.78, 5) is 19.1. The molecule has 0 atom stereocenters. The highest BCUT2D eigenvalue weighted by atomic mass is 16.7. The fourth-order valence-corrected chi connectivity index (χ4v) is 2.82. The van der Waals surface area contributed by atoms with Crippen molar-refractivity contribution < 1.29 is 14.4 Å². The van der Waals surface area contributed by atoms with E-state index in [1.54, 1.807) is 0 Å². The molecule has 0 radical (unpaired) electrons. The summed E-state index contributed by atoms with van der Waals surface area (Å²) in [5.74, 6) is 0. The summed E-state index contributed by atoms with van der Waals surface area (Å²) in [6.07, 6.45) is 8.11. The molecule has 0 heterocycles. The second-order valence-electron chi connectivity index (χ2n) is 6.03. The van der Waals surface area contributed by atoms with E-state index in [2.05, 4.69) is 17.3 Å². The third kappa shape index (κ3) is 6.57. The van der Waals surface area contributed by atoms with Gasteiger partial charge in [0, 0.05) is 6.54 Å². The Morgan fingerprint density at radius 3 is 2.50 bits per heavy atom. The zero-order valence-electron chi connectivity index (χ0n) is 13.2. The van der Waals surface area contributed by atoms with Gasteiger partial charge in [0.15, 0.2) is 0 Å². The Kier molecular flexibility index (Phi) is 7.92. The van der Waals surface area contributed by atoms with Crippen LogP contribution in [0.3, 0.4) is 0 Å². The molecule has 0 aromatic heterocycles. The van der Waals surface area contributed by atoms with E-state index in [0.717, 1.165) is 51.5 Å². The maximum absolute atomic E-state index is 11.9. The number of unbranched alkanes of at least 4 members (excludes halogenated alkanes) is 2. The van der Waals surface area contributed by atoms with Crippen molar-refractivity contribution in [1.29, 1.82) is 0 Å². The normalized spacial score (nSPS) is 18.0. The highest BCUT2D eigenvalue weighted by molar-refractivity contribution is 5.66. The third-order valence-corrected chi connectivity index (χ3v) is 3.68. The van der Waals surface area contributed by atoms with Gasteiger partial charge in [0.25, 0.3) is 0 Å². The van der Waals surface area contributed by atoms with Crippen molar-refractivity contribution in [2.24, 2.45) is 0 Å². The number of amides is 1. The molecule has 1 aliphatic carbocycles. The molecule has 0 spiro atoms. The Balaban J connectivity index is 2.34. The fraction of sp³-hybridized carbons (Fsp3) is 0.933. The van der Waals surface area contributed by atoms with Crippen molar-refractivity contribution >= 4 is 6.09 Å². The first kappa shape index (κ1) is 17.2. The zero-order valence-corrected chi connectivity index (χ0v) is 13.2. The third-order valence-electron chi connectivity index (χ3n) is 3.68. The number of nitrogens with one attached hydrogen (secondary N) is 1. The summed E-state index contributed by atoms with van der Waals surface area (Å²) in [5, 5.41) is 0. The van der Waals surface area contributed by atoms with Gasteiger partial charge in [0.2, 0.25) is 0 Å². The Morgan fingerprint density at radius 2 is 1.90 bits per heavy atom. The van der Waals surface area contributed by atoms with Gasteiger partial charge in [0.1, 0.15) is 5.60 Å². The van der Waals surface area contributed by atoms with Gasteiger partial charge in [-0.1, -0.05) is 26.2 Å². The molecule has 5 heteroatoms. The number of carbonyl (C=O) groups excluding carboxylic acids is 1. The van der Waals surface area contributed by atoms with Crippen LogP contribution in [0.15, 0.2) is 0 Å². The minimum Gasteiger partial charge on any atom is -0.440 e. The van der Waals surface area contributed by atoms with E-state index in [4.69, 9.17) is 9.57 Å². The van der Waals surface area contributed by atoms with Crippen LogP contribution in [-0.2, 0) is 9.57 Å². The van der Waals surface area contributed by atoms with Crippen molar-refractivity contribution in [3.05, 3.63) is 0 Å². The summed E-state index contributed by atoms with van der Waals surface area (Å²) < 4.78 is 5.68. The topological polar surface area (TPSA) is 50.8 Å². The number of nitrogens with zero attached hydrogens (tertiary/aromatic N) is 1. The Morgan fingerprint density at radius 1 is 1.20 bits per heavy atom. The molecule has 1 saturated carbocycles. The molecular formula is C15H30N2O3. The lowest BCUT2D eigenvalue weighted by Crippen LogP contribution is -2.47. The number of hydroxylamine groups is 1. The lowest BCUT2D eigenvalue weighted by molar-refractivity contribution is -0.0574. The van der Waals surface area contributed by atoms with Gasteiger partial charge in [-0.05, 0) is 46.2 Å². The number of carbonyl (C=O) groups is 1. The van der Waals surface area contributed by atoms with Crippen LogP contribution >= 0.6 is 0 Å². The first-order valence-corrected chi connectivity index (χ1v) is 7.83. The first-order valence-electron chi connectivity index (χ1n) is 7.83. The summed E-state index contributed by atoms with van der Waals surface area (Å²) in [6, 6.07) is 0. The van der Waals surface area contributed by atoms with E-state index in [1.165, 1.54) is 6.42 Å². The number of ether oxygens (including phenoxy) is 1. The van der Waals surface area contributed by atoms with E-state index in [1.807, 2.05) is 14.1 Å². The number of likely N-dealkylation sites (N-methyl/N-ethyl adjacent to an activating group) is 1. The summed E-state index contributed by atoms with van der Waals surface area (Å²) >= 11 is 0. The molecule has 1 amide bonds. The molecule has 20 heavy (non-hydrogen) atoms. The average Bonchev–Trinajstić information content (AvgIpc) is 2.38.